The number of rotatable bonds is 3. The molecule has 2 aromatic rings. The Balaban J connectivity index is 2.23. The van der Waals surface area contributed by atoms with Crippen LogP contribution < -0.4 is 5.32 Å². The molecule has 6 heteroatoms. The zero-order valence-corrected chi connectivity index (χ0v) is 12.5. The van der Waals surface area contributed by atoms with Crippen LogP contribution >= 0.6 is 23.2 Å². The monoisotopic (exact) mass is 333 g/mol. The van der Waals surface area contributed by atoms with Crippen LogP contribution in [0.2, 0.25) is 10.0 Å². The summed E-state index contributed by atoms with van der Waals surface area (Å²) in [5.74, 6) is 0. The number of benzene rings is 2. The first-order chi connectivity index (χ1) is 9.77. The van der Waals surface area contributed by atoms with Gasteiger partial charge in [-0.05, 0) is 48.9 Å². The third-order valence-electron chi connectivity index (χ3n) is 3.00. The zero-order valence-electron chi connectivity index (χ0n) is 11.0. The maximum atomic E-state index is 12.7. The molecule has 0 aliphatic carbocycles. The minimum Gasteiger partial charge on any atom is -0.378 e. The van der Waals surface area contributed by atoms with Gasteiger partial charge in [0.05, 0.1) is 11.6 Å². The van der Waals surface area contributed by atoms with Gasteiger partial charge in [0.15, 0.2) is 0 Å². The Hall–Kier alpha value is -1.39. The molecule has 0 aliphatic rings. The molecule has 1 nitrogen and oxygen atoms in total. The molecule has 112 valence electrons. The average molecular weight is 334 g/mol. The Labute approximate surface area is 130 Å². The third kappa shape index (κ3) is 4.05. The van der Waals surface area contributed by atoms with E-state index in [1.165, 1.54) is 6.07 Å². The lowest BCUT2D eigenvalue weighted by Crippen LogP contribution is -2.09. The molecular weight excluding hydrogens is 322 g/mol. The van der Waals surface area contributed by atoms with Crippen LogP contribution in [0.25, 0.3) is 0 Å². The van der Waals surface area contributed by atoms with E-state index in [-0.39, 0.29) is 6.04 Å². The minimum atomic E-state index is -4.37. The highest BCUT2D eigenvalue weighted by Gasteiger charge is 2.30. The number of anilines is 1. The second kappa shape index (κ2) is 6.16. The van der Waals surface area contributed by atoms with Crippen LogP contribution in [0.1, 0.15) is 24.1 Å². The Morgan fingerprint density at radius 1 is 1.05 bits per heavy atom. The third-order valence-corrected chi connectivity index (χ3v) is 3.58. The van der Waals surface area contributed by atoms with Crippen molar-refractivity contribution in [3.8, 4) is 0 Å². The summed E-state index contributed by atoms with van der Waals surface area (Å²) in [5.41, 5.74) is 0.395. The number of nitrogens with one attached hydrogen (secondary N) is 1. The van der Waals surface area contributed by atoms with Crippen molar-refractivity contribution in [3.63, 3.8) is 0 Å². The predicted octanol–water partition coefficient (Wildman–Crippen LogP) is 6.19. The van der Waals surface area contributed by atoms with Crippen LogP contribution in [-0.2, 0) is 6.18 Å². The van der Waals surface area contributed by atoms with Crippen LogP contribution in [0.3, 0.4) is 0 Å². The molecule has 0 radical (unpaired) electrons. The highest BCUT2D eigenvalue weighted by Crippen LogP contribution is 2.33. The van der Waals surface area contributed by atoms with Gasteiger partial charge in [0.25, 0.3) is 0 Å². The molecule has 0 aromatic heterocycles. The highest BCUT2D eigenvalue weighted by atomic mass is 35.5. The lowest BCUT2D eigenvalue weighted by atomic mass is 10.1. The second-order valence-electron chi connectivity index (χ2n) is 4.61. The van der Waals surface area contributed by atoms with Gasteiger partial charge >= 0.3 is 6.18 Å². The fraction of sp³-hybridized carbons (Fsp3) is 0.200. The van der Waals surface area contributed by atoms with Crippen molar-refractivity contribution in [3.05, 3.63) is 63.6 Å². The van der Waals surface area contributed by atoms with E-state index >= 15 is 0 Å². The molecule has 1 N–H and O–H groups in total. The lowest BCUT2D eigenvalue weighted by Gasteiger charge is -2.18. The van der Waals surface area contributed by atoms with Crippen LogP contribution in [0.5, 0.6) is 0 Å². The number of hydrogen-bond donors (Lipinski definition) is 1. The first kappa shape index (κ1) is 16.0. The topological polar surface area (TPSA) is 12.0 Å². The smallest absolute Gasteiger partial charge is 0.378 e. The number of hydrogen-bond acceptors (Lipinski definition) is 1. The lowest BCUT2D eigenvalue weighted by molar-refractivity contribution is -0.137. The molecule has 0 heterocycles. The standard InChI is InChI=1S/C15H12Cl2F3N/c1-9(13-8-11(16)5-6-14(13)17)21-12-4-2-3-10(7-12)15(18,19)20/h2-9,21H,1H3. The molecule has 1 unspecified atom stereocenters. The van der Waals surface area contributed by atoms with Gasteiger partial charge in [0.1, 0.15) is 0 Å². The SMILES string of the molecule is CC(Nc1cccc(C(F)(F)F)c1)c1cc(Cl)ccc1Cl. The number of alkyl halides is 3. The Kier molecular flexibility index (Phi) is 4.69. The highest BCUT2D eigenvalue weighted by molar-refractivity contribution is 6.33. The first-order valence-corrected chi connectivity index (χ1v) is 6.91. The van der Waals surface area contributed by atoms with E-state index in [9.17, 15) is 13.2 Å². The molecule has 0 saturated carbocycles. The molecule has 0 spiro atoms. The summed E-state index contributed by atoms with van der Waals surface area (Å²) in [7, 11) is 0. The van der Waals surface area contributed by atoms with E-state index in [1.54, 1.807) is 31.2 Å². The molecular formula is C15H12Cl2F3N. The summed E-state index contributed by atoms with van der Waals surface area (Å²) in [5, 5.41) is 4.02. The van der Waals surface area contributed by atoms with Gasteiger partial charge in [-0.15, -0.1) is 0 Å². The van der Waals surface area contributed by atoms with Crippen molar-refractivity contribution in [1.29, 1.82) is 0 Å². The molecule has 0 amide bonds. The largest absolute Gasteiger partial charge is 0.416 e. The predicted molar refractivity (Wildman–Crippen MR) is 79.9 cm³/mol. The van der Waals surface area contributed by atoms with E-state index in [0.717, 1.165) is 17.7 Å². The molecule has 2 rings (SSSR count). The minimum absolute atomic E-state index is 0.278. The Bertz CT molecular complexity index is 641. The van der Waals surface area contributed by atoms with Gasteiger partial charge < -0.3 is 5.32 Å². The normalized spacial score (nSPS) is 13.0. The Morgan fingerprint density at radius 3 is 2.43 bits per heavy atom. The van der Waals surface area contributed by atoms with E-state index in [0.29, 0.717) is 15.7 Å². The second-order valence-corrected chi connectivity index (χ2v) is 5.45. The zero-order chi connectivity index (χ0) is 15.6. The maximum Gasteiger partial charge on any atom is 0.416 e. The van der Waals surface area contributed by atoms with Crippen LogP contribution in [0, 0.1) is 0 Å². The average Bonchev–Trinajstić information content (AvgIpc) is 2.41. The van der Waals surface area contributed by atoms with Gasteiger partial charge in [-0.1, -0.05) is 29.3 Å². The summed E-state index contributed by atoms with van der Waals surface area (Å²) < 4.78 is 38.0. The Morgan fingerprint density at radius 2 is 1.76 bits per heavy atom. The van der Waals surface area contributed by atoms with E-state index < -0.39 is 11.7 Å². The fourth-order valence-corrected chi connectivity index (χ4v) is 2.42. The van der Waals surface area contributed by atoms with Gasteiger partial charge in [0.2, 0.25) is 0 Å². The van der Waals surface area contributed by atoms with Crippen molar-refractivity contribution >= 4 is 28.9 Å². The van der Waals surface area contributed by atoms with E-state index in [1.807, 2.05) is 0 Å². The van der Waals surface area contributed by atoms with Crippen molar-refractivity contribution in [2.75, 3.05) is 5.32 Å². The van der Waals surface area contributed by atoms with Gasteiger partial charge in [-0.2, -0.15) is 13.2 Å². The molecule has 0 aliphatic heterocycles. The quantitative estimate of drug-likeness (QED) is 0.706. The molecule has 0 bridgehead atoms. The molecule has 21 heavy (non-hydrogen) atoms. The van der Waals surface area contributed by atoms with E-state index in [2.05, 4.69) is 5.32 Å². The summed E-state index contributed by atoms with van der Waals surface area (Å²) in [4.78, 5) is 0. The van der Waals surface area contributed by atoms with Crippen molar-refractivity contribution < 1.29 is 13.2 Å². The number of halogens is 5. The fourth-order valence-electron chi connectivity index (χ4n) is 1.96. The van der Waals surface area contributed by atoms with Crippen molar-refractivity contribution in [2.45, 2.75) is 19.1 Å². The summed E-state index contributed by atoms with van der Waals surface area (Å²) in [6.45, 7) is 1.80. The van der Waals surface area contributed by atoms with Gasteiger partial charge in [-0.3, -0.25) is 0 Å². The maximum absolute atomic E-state index is 12.7. The van der Waals surface area contributed by atoms with Crippen LogP contribution in [0.4, 0.5) is 18.9 Å². The summed E-state index contributed by atoms with van der Waals surface area (Å²) >= 11 is 12.0. The molecule has 0 saturated heterocycles. The molecule has 2 aromatic carbocycles. The van der Waals surface area contributed by atoms with Gasteiger partial charge in [-0.25, -0.2) is 0 Å². The van der Waals surface area contributed by atoms with E-state index in [4.69, 9.17) is 23.2 Å². The van der Waals surface area contributed by atoms with Gasteiger partial charge in [0, 0.05) is 15.7 Å². The van der Waals surface area contributed by atoms with Crippen LogP contribution in [-0.4, -0.2) is 0 Å². The summed E-state index contributed by atoms with van der Waals surface area (Å²) in [6, 6.07) is 9.75. The first-order valence-electron chi connectivity index (χ1n) is 6.16. The molecule has 1 atom stereocenters. The van der Waals surface area contributed by atoms with Crippen molar-refractivity contribution in [1.82, 2.24) is 0 Å². The van der Waals surface area contributed by atoms with Crippen molar-refractivity contribution in [2.24, 2.45) is 0 Å². The summed E-state index contributed by atoms with van der Waals surface area (Å²) in [6.07, 6.45) is -4.37. The van der Waals surface area contributed by atoms with Crippen LogP contribution in [0.15, 0.2) is 42.5 Å². The molecule has 0 fully saturated rings.